The summed E-state index contributed by atoms with van der Waals surface area (Å²) in [4.78, 5) is 4.68. The van der Waals surface area contributed by atoms with Crippen molar-refractivity contribution in [3.8, 4) is 11.1 Å². The molecule has 12 aromatic rings. The maximum atomic E-state index is 6.73. The predicted octanol–water partition coefficient (Wildman–Crippen LogP) is 17.7. The van der Waals surface area contributed by atoms with Crippen LogP contribution >= 0.6 is 0 Å². The molecule has 310 valence electrons. The monoisotopic (exact) mass is 836 g/mol. The molecule has 2 aromatic heterocycles. The van der Waals surface area contributed by atoms with Crippen molar-refractivity contribution >= 4 is 99.5 Å². The minimum atomic E-state index is -0.229. The molecule has 13 rings (SSSR count). The van der Waals surface area contributed by atoms with E-state index in [1.807, 2.05) is 0 Å². The molecule has 0 atom stereocenters. The fraction of sp³-hybridized carbons (Fsp3) is 0.0820. The van der Waals surface area contributed by atoms with E-state index in [0.29, 0.717) is 0 Å². The molecule has 0 spiro atoms. The topological polar surface area (TPSA) is 32.8 Å². The first-order valence-electron chi connectivity index (χ1n) is 22.5. The summed E-state index contributed by atoms with van der Waals surface area (Å²) < 4.78 is 13.5. The van der Waals surface area contributed by atoms with Crippen LogP contribution in [0.1, 0.15) is 36.1 Å². The van der Waals surface area contributed by atoms with Crippen molar-refractivity contribution in [1.82, 2.24) is 0 Å². The van der Waals surface area contributed by atoms with Gasteiger partial charge in [0.1, 0.15) is 11.2 Å². The van der Waals surface area contributed by atoms with E-state index in [1.54, 1.807) is 0 Å². The molecule has 0 fully saturated rings. The zero-order chi connectivity index (χ0) is 43.6. The first kappa shape index (κ1) is 37.5. The SMILES string of the molecule is Cc1cccc2c1oc1c(N(c3ccccc3)c3ccc4cc5c(cc4c3)C(C)(C)c3cc4cc(N(c6ccccc6)c6cccc7c6oc6c(C)cccc67)ccc4cc3-5)cccc12. The molecule has 2 heterocycles. The zero-order valence-corrected chi connectivity index (χ0v) is 36.7. The third-order valence-electron chi connectivity index (χ3n) is 14.0. The van der Waals surface area contributed by atoms with Gasteiger partial charge in [-0.2, -0.15) is 0 Å². The Hall–Kier alpha value is -8.08. The molecule has 4 heteroatoms. The normalized spacial score (nSPS) is 13.0. The van der Waals surface area contributed by atoms with E-state index in [0.717, 1.165) is 89.1 Å². The minimum Gasteiger partial charge on any atom is -0.454 e. The number of anilines is 6. The highest BCUT2D eigenvalue weighted by molar-refractivity contribution is 6.13. The van der Waals surface area contributed by atoms with Gasteiger partial charge in [0.25, 0.3) is 0 Å². The van der Waals surface area contributed by atoms with Gasteiger partial charge in [-0.1, -0.05) is 123 Å². The van der Waals surface area contributed by atoms with E-state index in [9.17, 15) is 0 Å². The highest BCUT2D eigenvalue weighted by Crippen LogP contribution is 2.53. The van der Waals surface area contributed by atoms with E-state index in [4.69, 9.17) is 8.83 Å². The molecule has 0 N–H and O–H groups in total. The van der Waals surface area contributed by atoms with Gasteiger partial charge in [0, 0.05) is 49.7 Å². The number of hydrogen-bond donors (Lipinski definition) is 0. The highest BCUT2D eigenvalue weighted by Gasteiger charge is 2.36. The van der Waals surface area contributed by atoms with Gasteiger partial charge in [-0.25, -0.2) is 0 Å². The fourth-order valence-corrected chi connectivity index (χ4v) is 10.7. The predicted molar refractivity (Wildman–Crippen MR) is 272 cm³/mol. The number of hydrogen-bond acceptors (Lipinski definition) is 4. The van der Waals surface area contributed by atoms with Crippen molar-refractivity contribution in [3.63, 3.8) is 0 Å². The lowest BCUT2D eigenvalue weighted by molar-refractivity contribution is 0.662. The van der Waals surface area contributed by atoms with Crippen LogP contribution in [0.3, 0.4) is 0 Å². The number of rotatable bonds is 6. The van der Waals surface area contributed by atoms with Crippen molar-refractivity contribution < 1.29 is 8.83 Å². The van der Waals surface area contributed by atoms with Gasteiger partial charge in [0.2, 0.25) is 0 Å². The molecule has 0 saturated carbocycles. The second-order valence-electron chi connectivity index (χ2n) is 18.2. The van der Waals surface area contributed by atoms with Crippen LogP contribution in [0.5, 0.6) is 0 Å². The van der Waals surface area contributed by atoms with Gasteiger partial charge in [-0.05, 0) is 154 Å². The molecular formula is C61H44N2O2. The molecule has 4 nitrogen and oxygen atoms in total. The molecule has 0 radical (unpaired) electrons. The summed E-state index contributed by atoms with van der Waals surface area (Å²) >= 11 is 0. The Bertz CT molecular complexity index is 3640. The van der Waals surface area contributed by atoms with Crippen molar-refractivity contribution in [2.24, 2.45) is 0 Å². The van der Waals surface area contributed by atoms with E-state index in [-0.39, 0.29) is 5.41 Å². The van der Waals surface area contributed by atoms with Crippen LogP contribution in [0, 0.1) is 13.8 Å². The van der Waals surface area contributed by atoms with Crippen molar-refractivity contribution in [3.05, 3.63) is 216 Å². The van der Waals surface area contributed by atoms with Crippen molar-refractivity contribution in [2.75, 3.05) is 9.80 Å². The van der Waals surface area contributed by atoms with Gasteiger partial charge < -0.3 is 18.6 Å². The molecule has 10 aromatic carbocycles. The molecule has 1 aliphatic rings. The number of benzene rings is 10. The molecule has 0 bridgehead atoms. The highest BCUT2D eigenvalue weighted by atomic mass is 16.3. The second kappa shape index (κ2) is 14.0. The molecule has 0 amide bonds. The smallest absolute Gasteiger partial charge is 0.159 e. The number of aryl methyl sites for hydroxylation is 2. The van der Waals surface area contributed by atoms with E-state index < -0.39 is 0 Å². The molecule has 0 aliphatic heterocycles. The second-order valence-corrected chi connectivity index (χ2v) is 18.2. The Morgan fingerprint density at radius 3 is 1.17 bits per heavy atom. The third kappa shape index (κ3) is 5.63. The van der Waals surface area contributed by atoms with Crippen LogP contribution in [0.2, 0.25) is 0 Å². The Balaban J connectivity index is 0.932. The van der Waals surface area contributed by atoms with Crippen LogP contribution in [0.4, 0.5) is 34.1 Å². The van der Waals surface area contributed by atoms with Gasteiger partial charge in [-0.3, -0.25) is 0 Å². The maximum absolute atomic E-state index is 6.73. The summed E-state index contributed by atoms with van der Waals surface area (Å²) in [6, 6.07) is 70.5. The summed E-state index contributed by atoms with van der Waals surface area (Å²) in [5.74, 6) is 0. The first-order chi connectivity index (χ1) is 31.8. The lowest BCUT2D eigenvalue weighted by atomic mass is 9.81. The molecular weight excluding hydrogens is 793 g/mol. The standard InChI is InChI=1S/C61H44N2O2/c1-37-15-11-21-47-49-23-13-25-55(59(49)64-57(37)47)62(43-17-7-5-8-18-43)45-29-27-39-33-51-52-34-40-28-30-46(32-42(40)36-54(52)61(3,4)53(51)35-41(39)31-45)63(44-19-9-6-10-20-44)56-26-14-24-50-48-22-12-16-38(2)58(48)65-60(50)56/h5-36H,1-4H3. The Labute approximate surface area is 377 Å². The lowest BCUT2D eigenvalue weighted by Gasteiger charge is -2.26. The molecule has 1 aliphatic carbocycles. The van der Waals surface area contributed by atoms with E-state index in [2.05, 4.69) is 232 Å². The maximum Gasteiger partial charge on any atom is 0.159 e. The number of para-hydroxylation sites is 6. The number of nitrogens with zero attached hydrogens (tertiary/aromatic N) is 2. The largest absolute Gasteiger partial charge is 0.454 e. The summed E-state index contributed by atoms with van der Waals surface area (Å²) in [6.45, 7) is 8.99. The Kier molecular flexibility index (Phi) is 8.05. The lowest BCUT2D eigenvalue weighted by Crippen LogP contribution is -2.15. The van der Waals surface area contributed by atoms with Crippen LogP contribution in [-0.2, 0) is 5.41 Å². The molecule has 0 unspecified atom stereocenters. The van der Waals surface area contributed by atoms with E-state index in [1.165, 1.54) is 43.8 Å². The van der Waals surface area contributed by atoms with Gasteiger partial charge >= 0.3 is 0 Å². The summed E-state index contributed by atoms with van der Waals surface area (Å²) in [5, 5.41) is 9.34. The van der Waals surface area contributed by atoms with Crippen LogP contribution in [-0.4, -0.2) is 0 Å². The Morgan fingerprint density at radius 2 is 0.738 bits per heavy atom. The third-order valence-corrected chi connectivity index (χ3v) is 14.0. The van der Waals surface area contributed by atoms with Gasteiger partial charge in [-0.15, -0.1) is 0 Å². The average molecular weight is 837 g/mol. The van der Waals surface area contributed by atoms with Crippen LogP contribution < -0.4 is 9.80 Å². The van der Waals surface area contributed by atoms with E-state index >= 15 is 0 Å². The quantitative estimate of drug-likeness (QED) is 0.167. The van der Waals surface area contributed by atoms with Crippen molar-refractivity contribution in [2.45, 2.75) is 33.1 Å². The summed E-state index contributed by atoms with van der Waals surface area (Å²) in [5.41, 5.74) is 17.3. The first-order valence-corrected chi connectivity index (χ1v) is 22.5. The van der Waals surface area contributed by atoms with Gasteiger partial charge in [0.05, 0.1) is 11.4 Å². The molecule has 65 heavy (non-hydrogen) atoms. The van der Waals surface area contributed by atoms with Crippen molar-refractivity contribution in [1.29, 1.82) is 0 Å². The average Bonchev–Trinajstić information content (AvgIpc) is 3.98. The van der Waals surface area contributed by atoms with Gasteiger partial charge in [0.15, 0.2) is 11.2 Å². The van der Waals surface area contributed by atoms with Crippen LogP contribution in [0.25, 0.3) is 76.5 Å². The summed E-state index contributed by atoms with van der Waals surface area (Å²) in [7, 11) is 0. The minimum absolute atomic E-state index is 0.229. The fourth-order valence-electron chi connectivity index (χ4n) is 10.7. The summed E-state index contributed by atoms with van der Waals surface area (Å²) in [6.07, 6.45) is 0. The number of fused-ring (bicyclic) bond motifs is 11. The number of furan rings is 2. The zero-order valence-electron chi connectivity index (χ0n) is 36.7. The van der Waals surface area contributed by atoms with Crippen LogP contribution in [0.15, 0.2) is 203 Å². The molecule has 0 saturated heterocycles. The Morgan fingerprint density at radius 1 is 0.338 bits per heavy atom.